The van der Waals surface area contributed by atoms with E-state index in [9.17, 15) is 4.79 Å². The van der Waals surface area contributed by atoms with E-state index in [1.54, 1.807) is 24.3 Å². The van der Waals surface area contributed by atoms with E-state index in [-0.39, 0.29) is 12.7 Å². The zero-order chi connectivity index (χ0) is 13.5. The maximum atomic E-state index is 11.5. The number of ether oxygens (including phenoxy) is 2. The van der Waals surface area contributed by atoms with Gasteiger partial charge in [0.05, 0.1) is 18.2 Å². The lowest BCUT2D eigenvalue weighted by molar-refractivity contribution is -0.00984. The van der Waals surface area contributed by atoms with Crippen molar-refractivity contribution in [1.29, 1.82) is 5.26 Å². The molecule has 1 aromatic rings. The van der Waals surface area contributed by atoms with Gasteiger partial charge in [-0.25, -0.2) is 4.79 Å². The number of hydrogen-bond donors (Lipinski definition) is 2. The van der Waals surface area contributed by atoms with E-state index in [2.05, 4.69) is 10.6 Å². The molecule has 0 radical (unpaired) electrons. The number of carbonyl (C=O) groups excluding carboxylic acids is 1. The summed E-state index contributed by atoms with van der Waals surface area (Å²) in [5, 5.41) is 14.4. The van der Waals surface area contributed by atoms with Crippen molar-refractivity contribution in [2.75, 3.05) is 31.6 Å². The van der Waals surface area contributed by atoms with Crippen molar-refractivity contribution in [1.82, 2.24) is 5.32 Å². The monoisotopic (exact) mass is 261 g/mol. The first-order valence-electron chi connectivity index (χ1n) is 6.04. The summed E-state index contributed by atoms with van der Waals surface area (Å²) in [6.45, 7) is 2.36. The molecule has 0 bridgehead atoms. The second-order valence-electron chi connectivity index (χ2n) is 4.11. The molecule has 0 aromatic heterocycles. The third kappa shape index (κ3) is 4.25. The van der Waals surface area contributed by atoms with Crippen LogP contribution in [0.1, 0.15) is 5.56 Å². The van der Waals surface area contributed by atoms with Crippen LogP contribution < -0.4 is 10.6 Å². The molecule has 1 amide bonds. The standard InChI is InChI=1S/C13H15N3O3/c14-7-10-1-3-11(4-2-10)16-13(17)19-9-12-8-15-5-6-18-12/h1-4,12,15H,5-6,8-9H2,(H,16,17). The highest BCUT2D eigenvalue weighted by Gasteiger charge is 2.15. The molecule has 0 saturated carbocycles. The van der Waals surface area contributed by atoms with Gasteiger partial charge in [-0.3, -0.25) is 5.32 Å². The Kier molecular flexibility index (Phi) is 4.72. The summed E-state index contributed by atoms with van der Waals surface area (Å²) in [5.41, 5.74) is 1.13. The Labute approximate surface area is 111 Å². The van der Waals surface area contributed by atoms with Gasteiger partial charge < -0.3 is 14.8 Å². The normalized spacial score (nSPS) is 18.4. The van der Waals surface area contributed by atoms with E-state index in [1.807, 2.05) is 6.07 Å². The van der Waals surface area contributed by atoms with Gasteiger partial charge in [0.1, 0.15) is 12.7 Å². The molecule has 2 rings (SSSR count). The zero-order valence-electron chi connectivity index (χ0n) is 10.4. The number of anilines is 1. The number of nitriles is 1. The Balaban J connectivity index is 1.75. The fourth-order valence-corrected chi connectivity index (χ4v) is 1.68. The molecular formula is C13H15N3O3. The number of nitrogens with one attached hydrogen (secondary N) is 2. The molecule has 6 heteroatoms. The van der Waals surface area contributed by atoms with Gasteiger partial charge in [0.25, 0.3) is 0 Å². The van der Waals surface area contributed by atoms with Gasteiger partial charge in [-0.15, -0.1) is 0 Å². The number of benzene rings is 1. The largest absolute Gasteiger partial charge is 0.446 e. The number of nitrogens with zero attached hydrogens (tertiary/aromatic N) is 1. The maximum absolute atomic E-state index is 11.5. The molecule has 100 valence electrons. The lowest BCUT2D eigenvalue weighted by Crippen LogP contribution is -2.41. The fourth-order valence-electron chi connectivity index (χ4n) is 1.68. The van der Waals surface area contributed by atoms with Gasteiger partial charge in [-0.1, -0.05) is 0 Å². The number of hydrogen-bond acceptors (Lipinski definition) is 5. The number of rotatable bonds is 3. The van der Waals surface area contributed by atoms with Crippen molar-refractivity contribution in [2.24, 2.45) is 0 Å². The van der Waals surface area contributed by atoms with Crippen molar-refractivity contribution in [2.45, 2.75) is 6.10 Å². The van der Waals surface area contributed by atoms with Gasteiger partial charge in [-0.2, -0.15) is 5.26 Å². The van der Waals surface area contributed by atoms with Crippen LogP contribution in [0.3, 0.4) is 0 Å². The minimum atomic E-state index is -0.529. The van der Waals surface area contributed by atoms with Crippen molar-refractivity contribution in [3.63, 3.8) is 0 Å². The molecule has 1 saturated heterocycles. The third-order valence-corrected chi connectivity index (χ3v) is 2.67. The van der Waals surface area contributed by atoms with Crippen LogP contribution in [-0.4, -0.2) is 38.5 Å². The second kappa shape index (κ2) is 6.73. The molecule has 1 aliphatic heterocycles. The lowest BCUT2D eigenvalue weighted by Gasteiger charge is -2.23. The van der Waals surface area contributed by atoms with Crippen LogP contribution in [0.25, 0.3) is 0 Å². The predicted octanol–water partition coefficient (Wildman–Crippen LogP) is 1.10. The molecule has 1 aromatic carbocycles. The Hall–Kier alpha value is -2.10. The van der Waals surface area contributed by atoms with Crippen molar-refractivity contribution in [3.8, 4) is 6.07 Å². The summed E-state index contributed by atoms with van der Waals surface area (Å²) < 4.78 is 10.5. The van der Waals surface area contributed by atoms with E-state index < -0.39 is 6.09 Å². The topological polar surface area (TPSA) is 83.4 Å². The fraction of sp³-hybridized carbons (Fsp3) is 0.385. The van der Waals surface area contributed by atoms with Crippen molar-refractivity contribution >= 4 is 11.8 Å². The molecular weight excluding hydrogens is 246 g/mol. The van der Waals surface area contributed by atoms with Crippen LogP contribution in [0.15, 0.2) is 24.3 Å². The Morgan fingerprint density at radius 2 is 2.32 bits per heavy atom. The van der Waals surface area contributed by atoms with E-state index in [4.69, 9.17) is 14.7 Å². The van der Waals surface area contributed by atoms with Gasteiger partial charge in [0.2, 0.25) is 0 Å². The van der Waals surface area contributed by atoms with E-state index in [1.165, 1.54) is 0 Å². The third-order valence-electron chi connectivity index (χ3n) is 2.67. The van der Waals surface area contributed by atoms with Crippen LogP contribution in [0.5, 0.6) is 0 Å². The summed E-state index contributed by atoms with van der Waals surface area (Å²) in [5.74, 6) is 0. The highest BCUT2D eigenvalue weighted by atomic mass is 16.6. The van der Waals surface area contributed by atoms with Gasteiger partial charge in [-0.05, 0) is 24.3 Å². The minimum Gasteiger partial charge on any atom is -0.446 e. The Morgan fingerprint density at radius 1 is 1.53 bits per heavy atom. The molecule has 6 nitrogen and oxygen atoms in total. The van der Waals surface area contributed by atoms with Crippen molar-refractivity contribution < 1.29 is 14.3 Å². The lowest BCUT2D eigenvalue weighted by atomic mass is 10.2. The quantitative estimate of drug-likeness (QED) is 0.851. The van der Waals surface area contributed by atoms with E-state index in [0.717, 1.165) is 6.54 Å². The molecule has 0 aliphatic carbocycles. The molecule has 19 heavy (non-hydrogen) atoms. The van der Waals surface area contributed by atoms with E-state index >= 15 is 0 Å². The van der Waals surface area contributed by atoms with Gasteiger partial charge in [0, 0.05) is 18.8 Å². The molecule has 1 unspecified atom stereocenters. The van der Waals surface area contributed by atoms with E-state index in [0.29, 0.717) is 24.4 Å². The maximum Gasteiger partial charge on any atom is 0.411 e. The first kappa shape index (κ1) is 13.3. The SMILES string of the molecule is N#Cc1ccc(NC(=O)OCC2CNCCO2)cc1. The van der Waals surface area contributed by atoms with Gasteiger partial charge >= 0.3 is 6.09 Å². The molecule has 1 heterocycles. The number of amides is 1. The first-order valence-corrected chi connectivity index (χ1v) is 6.04. The van der Waals surface area contributed by atoms with Crippen LogP contribution >= 0.6 is 0 Å². The smallest absolute Gasteiger partial charge is 0.411 e. The summed E-state index contributed by atoms with van der Waals surface area (Å²) >= 11 is 0. The first-order chi connectivity index (χ1) is 9.28. The van der Waals surface area contributed by atoms with Crippen LogP contribution in [-0.2, 0) is 9.47 Å². The zero-order valence-corrected chi connectivity index (χ0v) is 10.4. The Bertz CT molecular complexity index is 461. The minimum absolute atomic E-state index is 0.0968. The highest BCUT2D eigenvalue weighted by molar-refractivity contribution is 5.84. The van der Waals surface area contributed by atoms with Crippen LogP contribution in [0, 0.1) is 11.3 Å². The summed E-state index contributed by atoms with van der Waals surface area (Å²) in [4.78, 5) is 11.5. The number of morpholine rings is 1. The highest BCUT2D eigenvalue weighted by Crippen LogP contribution is 2.09. The molecule has 1 atom stereocenters. The molecule has 2 N–H and O–H groups in total. The Morgan fingerprint density at radius 3 is 2.95 bits per heavy atom. The molecule has 1 fully saturated rings. The van der Waals surface area contributed by atoms with Crippen molar-refractivity contribution in [3.05, 3.63) is 29.8 Å². The summed E-state index contributed by atoms with van der Waals surface area (Å²) in [7, 11) is 0. The van der Waals surface area contributed by atoms with Crippen LogP contribution in [0.4, 0.5) is 10.5 Å². The predicted molar refractivity (Wildman–Crippen MR) is 68.7 cm³/mol. The average Bonchev–Trinajstić information content (AvgIpc) is 2.47. The number of carbonyl (C=O) groups is 1. The summed E-state index contributed by atoms with van der Waals surface area (Å²) in [6, 6.07) is 8.57. The molecule has 0 spiro atoms. The van der Waals surface area contributed by atoms with Crippen LogP contribution in [0.2, 0.25) is 0 Å². The second-order valence-corrected chi connectivity index (χ2v) is 4.11. The summed E-state index contributed by atoms with van der Waals surface area (Å²) in [6.07, 6.45) is -0.626. The molecule has 1 aliphatic rings. The average molecular weight is 261 g/mol. The van der Waals surface area contributed by atoms with Gasteiger partial charge in [0.15, 0.2) is 0 Å².